The van der Waals surface area contributed by atoms with Crippen molar-refractivity contribution in [3.05, 3.63) is 58.7 Å². The van der Waals surface area contributed by atoms with E-state index >= 15 is 0 Å². The van der Waals surface area contributed by atoms with Gasteiger partial charge in [0.15, 0.2) is 11.2 Å². The molecule has 0 aliphatic carbocycles. The third-order valence-corrected chi connectivity index (χ3v) is 7.26. The summed E-state index contributed by atoms with van der Waals surface area (Å²) in [6, 6.07) is 11.6. The molecule has 5 aromatic rings. The van der Waals surface area contributed by atoms with Crippen LogP contribution in [-0.2, 0) is 0 Å². The number of benzene rings is 3. The maximum absolute atomic E-state index is 11.0. The molecule has 0 unspecified atom stereocenters. The first kappa shape index (κ1) is 25.8. The highest BCUT2D eigenvalue weighted by molar-refractivity contribution is 5.91. The molecule has 0 saturated carbocycles. The monoisotopic (exact) mass is 512 g/mol. The lowest BCUT2D eigenvalue weighted by Gasteiger charge is -2.15. The van der Waals surface area contributed by atoms with Gasteiger partial charge in [-0.05, 0) is 64.1 Å². The maximum atomic E-state index is 11.0. The van der Waals surface area contributed by atoms with Gasteiger partial charge in [0.1, 0.15) is 22.5 Å². The summed E-state index contributed by atoms with van der Waals surface area (Å²) >= 11 is 0. The third-order valence-electron chi connectivity index (χ3n) is 7.26. The van der Waals surface area contributed by atoms with Crippen LogP contribution in [0.4, 0.5) is 0 Å². The molecule has 0 bridgehead atoms. The smallest absolute Gasteiger partial charge is 0.231 e. The van der Waals surface area contributed by atoms with Crippen LogP contribution in [0.5, 0.6) is 11.5 Å². The number of phenolic OH excluding ortho intramolecular Hbond substituents is 2. The zero-order valence-corrected chi connectivity index (χ0v) is 23.4. The highest BCUT2D eigenvalue weighted by Gasteiger charge is 2.22. The molecule has 6 nitrogen and oxygen atoms in total. The van der Waals surface area contributed by atoms with Crippen LogP contribution in [0.2, 0.25) is 0 Å². The maximum Gasteiger partial charge on any atom is 0.231 e. The normalized spacial score (nSPS) is 12.3. The van der Waals surface area contributed by atoms with Crippen LogP contribution >= 0.6 is 0 Å². The number of phenols is 2. The summed E-state index contributed by atoms with van der Waals surface area (Å²) in [6.45, 7) is 16.8. The van der Waals surface area contributed by atoms with Gasteiger partial charge in [-0.15, -0.1) is 0 Å². The molecule has 2 heterocycles. The van der Waals surface area contributed by atoms with Crippen molar-refractivity contribution in [2.45, 2.75) is 79.1 Å². The van der Waals surface area contributed by atoms with Crippen LogP contribution in [0, 0.1) is 0 Å². The molecule has 198 valence electrons. The first-order chi connectivity index (χ1) is 17.9. The number of hydrogen-bond acceptors (Lipinski definition) is 6. The average Bonchev–Trinajstić information content (AvgIpc) is 3.44. The number of aromatic hydroxyl groups is 2. The predicted molar refractivity (Wildman–Crippen MR) is 152 cm³/mol. The standard InChI is InChI=1S/C32H36N2O4/c1-15(2)19-9-21(17(5)6)29(35)23(11-19)31-33-25-13-26-28(14-27(25)37-31)38-32(34-26)24-12-20(16(3)4)10-22(18(7)8)30(24)36/h9-18,35-36H,1-8H3. The first-order valence-corrected chi connectivity index (χ1v) is 13.4. The molecule has 2 N–H and O–H groups in total. The van der Waals surface area contributed by atoms with Crippen LogP contribution < -0.4 is 0 Å². The molecule has 38 heavy (non-hydrogen) atoms. The molecule has 0 spiro atoms. The van der Waals surface area contributed by atoms with E-state index in [1.165, 1.54) is 0 Å². The number of nitrogens with zero attached hydrogens (tertiary/aromatic N) is 2. The number of aromatic nitrogens is 2. The zero-order chi connectivity index (χ0) is 27.5. The molecular formula is C32H36N2O4. The Labute approximate surface area is 223 Å². The summed E-state index contributed by atoms with van der Waals surface area (Å²) in [5, 5.41) is 22.1. The molecular weight excluding hydrogens is 476 g/mol. The van der Waals surface area contributed by atoms with Crippen LogP contribution in [0.25, 0.3) is 45.1 Å². The summed E-state index contributed by atoms with van der Waals surface area (Å²) in [5.41, 5.74) is 7.47. The van der Waals surface area contributed by atoms with Crippen molar-refractivity contribution >= 4 is 22.2 Å². The van der Waals surface area contributed by atoms with E-state index < -0.39 is 0 Å². The van der Waals surface area contributed by atoms with Gasteiger partial charge in [0, 0.05) is 6.07 Å². The van der Waals surface area contributed by atoms with Crippen LogP contribution in [-0.4, -0.2) is 20.2 Å². The highest BCUT2D eigenvalue weighted by atomic mass is 16.4. The van der Waals surface area contributed by atoms with Crippen molar-refractivity contribution in [3.8, 4) is 34.4 Å². The summed E-state index contributed by atoms with van der Waals surface area (Å²) in [5.74, 6) is 2.01. The Balaban J connectivity index is 1.63. The summed E-state index contributed by atoms with van der Waals surface area (Å²) in [4.78, 5) is 9.42. The van der Waals surface area contributed by atoms with Gasteiger partial charge < -0.3 is 19.0 Å². The van der Waals surface area contributed by atoms with Crippen molar-refractivity contribution in [1.82, 2.24) is 9.97 Å². The van der Waals surface area contributed by atoms with Gasteiger partial charge in [0.05, 0.1) is 11.1 Å². The second-order valence-electron chi connectivity index (χ2n) is 11.5. The molecule has 0 fully saturated rings. The largest absolute Gasteiger partial charge is 0.507 e. The lowest BCUT2D eigenvalue weighted by molar-refractivity contribution is 0.463. The van der Waals surface area contributed by atoms with Crippen LogP contribution in [0.1, 0.15) is 101 Å². The fourth-order valence-electron chi connectivity index (χ4n) is 4.81. The van der Waals surface area contributed by atoms with E-state index in [0.29, 0.717) is 56.9 Å². The molecule has 0 aliphatic heterocycles. The molecule has 5 rings (SSSR count). The van der Waals surface area contributed by atoms with Crippen molar-refractivity contribution in [2.24, 2.45) is 0 Å². The van der Waals surface area contributed by atoms with Gasteiger partial charge in [0.2, 0.25) is 11.8 Å². The third kappa shape index (κ3) is 4.42. The summed E-state index contributed by atoms with van der Waals surface area (Å²) in [6.07, 6.45) is 0. The van der Waals surface area contributed by atoms with E-state index in [1.807, 2.05) is 18.2 Å². The molecule has 2 aromatic heterocycles. The van der Waals surface area contributed by atoms with Gasteiger partial charge >= 0.3 is 0 Å². The number of rotatable bonds is 6. The van der Waals surface area contributed by atoms with E-state index in [2.05, 4.69) is 67.5 Å². The minimum absolute atomic E-state index is 0.156. The lowest BCUT2D eigenvalue weighted by atomic mass is 9.92. The van der Waals surface area contributed by atoms with E-state index in [9.17, 15) is 10.2 Å². The van der Waals surface area contributed by atoms with Gasteiger partial charge in [0.25, 0.3) is 0 Å². The van der Waals surface area contributed by atoms with E-state index in [0.717, 1.165) is 22.3 Å². The van der Waals surface area contributed by atoms with Crippen molar-refractivity contribution < 1.29 is 19.0 Å². The Morgan fingerprint density at radius 3 is 1.26 bits per heavy atom. The van der Waals surface area contributed by atoms with Gasteiger partial charge in [-0.2, -0.15) is 0 Å². The molecule has 0 aliphatic rings. The predicted octanol–water partition coefficient (Wildman–Crippen LogP) is 9.21. The van der Waals surface area contributed by atoms with Crippen LogP contribution in [0.3, 0.4) is 0 Å². The van der Waals surface area contributed by atoms with Gasteiger partial charge in [-0.25, -0.2) is 9.97 Å². The number of hydrogen-bond donors (Lipinski definition) is 2. The molecule has 6 heteroatoms. The Kier molecular flexibility index (Phi) is 6.46. The minimum atomic E-state index is 0.156. The molecule has 0 radical (unpaired) electrons. The fourth-order valence-corrected chi connectivity index (χ4v) is 4.81. The SMILES string of the molecule is CC(C)c1cc(-c2nc3cc4nc(-c5cc(C(C)C)cc(C(C)C)c5O)oc4cc3o2)c(O)c(C(C)C)c1. The Morgan fingerprint density at radius 1 is 0.526 bits per heavy atom. The summed E-state index contributed by atoms with van der Waals surface area (Å²) in [7, 11) is 0. The lowest BCUT2D eigenvalue weighted by Crippen LogP contribution is -1.96. The van der Waals surface area contributed by atoms with Crippen molar-refractivity contribution in [2.75, 3.05) is 0 Å². The second-order valence-corrected chi connectivity index (χ2v) is 11.5. The van der Waals surface area contributed by atoms with Crippen LogP contribution in [0.15, 0.2) is 45.2 Å². The Morgan fingerprint density at radius 2 is 0.921 bits per heavy atom. The number of oxazole rings is 2. The van der Waals surface area contributed by atoms with Crippen molar-refractivity contribution in [3.63, 3.8) is 0 Å². The van der Waals surface area contributed by atoms with E-state index in [4.69, 9.17) is 18.8 Å². The summed E-state index contributed by atoms with van der Waals surface area (Å²) < 4.78 is 12.3. The molecule has 0 saturated heterocycles. The average molecular weight is 513 g/mol. The molecule has 0 atom stereocenters. The van der Waals surface area contributed by atoms with E-state index in [1.54, 1.807) is 6.07 Å². The quantitative estimate of drug-likeness (QED) is 0.235. The zero-order valence-electron chi connectivity index (χ0n) is 23.4. The Bertz CT molecular complexity index is 1480. The van der Waals surface area contributed by atoms with E-state index in [-0.39, 0.29) is 23.3 Å². The fraction of sp³-hybridized carbons (Fsp3) is 0.375. The first-order valence-electron chi connectivity index (χ1n) is 13.4. The second kappa shape index (κ2) is 9.50. The van der Waals surface area contributed by atoms with Gasteiger partial charge in [-0.1, -0.05) is 67.5 Å². The highest BCUT2D eigenvalue weighted by Crippen LogP contribution is 2.42. The molecule has 3 aromatic carbocycles. The van der Waals surface area contributed by atoms with Crippen molar-refractivity contribution in [1.29, 1.82) is 0 Å². The van der Waals surface area contributed by atoms with Gasteiger partial charge in [-0.3, -0.25) is 0 Å². The minimum Gasteiger partial charge on any atom is -0.507 e. The number of fused-ring (bicyclic) bond motifs is 2. The topological polar surface area (TPSA) is 92.5 Å². The Hall–Kier alpha value is -3.80. The molecule has 0 amide bonds.